The van der Waals surface area contributed by atoms with Crippen molar-refractivity contribution < 1.29 is 0 Å². The van der Waals surface area contributed by atoms with Crippen molar-refractivity contribution in [3.8, 4) is 6.07 Å². The average molecular weight is 271 g/mol. The summed E-state index contributed by atoms with van der Waals surface area (Å²) in [4.78, 5) is 2.18. The van der Waals surface area contributed by atoms with Gasteiger partial charge in [0.1, 0.15) is 6.07 Å². The molecule has 108 valence electrons. The van der Waals surface area contributed by atoms with Crippen LogP contribution in [-0.2, 0) is 6.54 Å². The highest BCUT2D eigenvalue weighted by atomic mass is 15.1. The molecule has 1 saturated carbocycles. The highest BCUT2D eigenvalue weighted by molar-refractivity contribution is 5.60. The number of rotatable bonds is 5. The maximum absolute atomic E-state index is 9.38. The monoisotopic (exact) mass is 271 g/mol. The van der Waals surface area contributed by atoms with E-state index >= 15 is 0 Å². The molecule has 1 fully saturated rings. The number of benzene rings is 1. The molecule has 3 nitrogen and oxygen atoms in total. The molecule has 2 rings (SSSR count). The van der Waals surface area contributed by atoms with Crippen molar-refractivity contribution in [3.05, 3.63) is 29.3 Å². The van der Waals surface area contributed by atoms with Crippen LogP contribution in [0, 0.1) is 16.7 Å². The zero-order chi connectivity index (χ0) is 14.8. The van der Waals surface area contributed by atoms with Gasteiger partial charge in [0.15, 0.2) is 0 Å². The van der Waals surface area contributed by atoms with Gasteiger partial charge in [0, 0.05) is 26.2 Å². The number of nitrogens with one attached hydrogen (secondary N) is 1. The SMILES string of the molecule is CN(CC(C)(C)C)c1ccc(CNC2CC2)cc1C#N. The molecule has 1 N–H and O–H groups in total. The Morgan fingerprint density at radius 2 is 2.05 bits per heavy atom. The molecule has 0 aromatic heterocycles. The van der Waals surface area contributed by atoms with Crippen molar-refractivity contribution >= 4 is 5.69 Å². The minimum atomic E-state index is 0.216. The van der Waals surface area contributed by atoms with E-state index in [4.69, 9.17) is 0 Å². The van der Waals surface area contributed by atoms with Gasteiger partial charge in [-0.3, -0.25) is 0 Å². The molecule has 0 amide bonds. The van der Waals surface area contributed by atoms with Crippen LogP contribution in [-0.4, -0.2) is 19.6 Å². The predicted octanol–water partition coefficient (Wildman–Crippen LogP) is 3.29. The lowest BCUT2D eigenvalue weighted by Crippen LogP contribution is -2.29. The first kappa shape index (κ1) is 14.9. The average Bonchev–Trinajstić information content (AvgIpc) is 3.17. The molecule has 0 spiro atoms. The standard InChI is InChI=1S/C17H25N3/c1-17(2,3)12-20(4)16-8-5-13(9-14(16)10-18)11-19-15-6-7-15/h5,8-9,15,19H,6-7,11-12H2,1-4H3. The van der Waals surface area contributed by atoms with E-state index < -0.39 is 0 Å². The van der Waals surface area contributed by atoms with Gasteiger partial charge in [0.2, 0.25) is 0 Å². The summed E-state index contributed by atoms with van der Waals surface area (Å²) in [5, 5.41) is 12.9. The minimum Gasteiger partial charge on any atom is -0.373 e. The molecule has 1 aliphatic rings. The van der Waals surface area contributed by atoms with Crippen molar-refractivity contribution in [3.63, 3.8) is 0 Å². The highest BCUT2D eigenvalue weighted by Crippen LogP contribution is 2.25. The lowest BCUT2D eigenvalue weighted by Gasteiger charge is -2.29. The number of hydrogen-bond acceptors (Lipinski definition) is 3. The van der Waals surface area contributed by atoms with Crippen molar-refractivity contribution in [2.45, 2.75) is 46.2 Å². The van der Waals surface area contributed by atoms with E-state index in [1.807, 2.05) is 6.07 Å². The van der Waals surface area contributed by atoms with E-state index in [0.717, 1.165) is 24.3 Å². The molecule has 1 aliphatic carbocycles. The summed E-state index contributed by atoms with van der Waals surface area (Å²) in [6.07, 6.45) is 2.58. The first-order chi connectivity index (χ1) is 9.39. The molecular formula is C17H25N3. The van der Waals surface area contributed by atoms with Crippen molar-refractivity contribution in [1.29, 1.82) is 5.26 Å². The highest BCUT2D eigenvalue weighted by Gasteiger charge is 2.20. The zero-order valence-corrected chi connectivity index (χ0v) is 13.0. The molecule has 0 radical (unpaired) electrons. The van der Waals surface area contributed by atoms with E-state index in [1.54, 1.807) is 0 Å². The Labute approximate surface area is 122 Å². The van der Waals surface area contributed by atoms with Gasteiger partial charge in [-0.15, -0.1) is 0 Å². The van der Waals surface area contributed by atoms with Gasteiger partial charge in [-0.2, -0.15) is 5.26 Å². The van der Waals surface area contributed by atoms with E-state index in [-0.39, 0.29) is 5.41 Å². The molecule has 0 aliphatic heterocycles. The maximum Gasteiger partial charge on any atom is 0.101 e. The molecule has 0 unspecified atom stereocenters. The summed E-state index contributed by atoms with van der Waals surface area (Å²) in [5.41, 5.74) is 3.21. The van der Waals surface area contributed by atoms with Crippen LogP contribution in [0.2, 0.25) is 0 Å². The Hall–Kier alpha value is -1.53. The van der Waals surface area contributed by atoms with Crippen LogP contribution in [0.15, 0.2) is 18.2 Å². The van der Waals surface area contributed by atoms with Crippen LogP contribution in [0.3, 0.4) is 0 Å². The fraction of sp³-hybridized carbons (Fsp3) is 0.588. The Morgan fingerprint density at radius 1 is 1.35 bits per heavy atom. The van der Waals surface area contributed by atoms with Crippen LogP contribution in [0.25, 0.3) is 0 Å². The van der Waals surface area contributed by atoms with Crippen LogP contribution >= 0.6 is 0 Å². The van der Waals surface area contributed by atoms with Crippen LogP contribution in [0.5, 0.6) is 0 Å². The van der Waals surface area contributed by atoms with Crippen LogP contribution < -0.4 is 10.2 Å². The lowest BCUT2D eigenvalue weighted by molar-refractivity contribution is 0.419. The van der Waals surface area contributed by atoms with E-state index in [2.05, 4.69) is 56.2 Å². The molecule has 3 heteroatoms. The van der Waals surface area contributed by atoms with Crippen LogP contribution in [0.4, 0.5) is 5.69 Å². The smallest absolute Gasteiger partial charge is 0.101 e. The summed E-state index contributed by atoms with van der Waals surface area (Å²) in [7, 11) is 2.06. The van der Waals surface area contributed by atoms with Gasteiger partial charge >= 0.3 is 0 Å². The molecule has 0 bridgehead atoms. The van der Waals surface area contributed by atoms with Crippen molar-refractivity contribution in [1.82, 2.24) is 5.32 Å². The molecule has 0 atom stereocenters. The number of nitriles is 1. The topological polar surface area (TPSA) is 39.1 Å². The lowest BCUT2D eigenvalue weighted by atomic mass is 9.95. The number of nitrogens with zero attached hydrogens (tertiary/aromatic N) is 2. The number of hydrogen-bond donors (Lipinski definition) is 1. The first-order valence-corrected chi connectivity index (χ1v) is 7.36. The van der Waals surface area contributed by atoms with Gasteiger partial charge in [-0.1, -0.05) is 26.8 Å². The third-order valence-electron chi connectivity index (χ3n) is 3.48. The summed E-state index contributed by atoms with van der Waals surface area (Å²) in [6.45, 7) is 8.43. The third-order valence-corrected chi connectivity index (χ3v) is 3.48. The number of anilines is 1. The third kappa shape index (κ3) is 4.25. The Morgan fingerprint density at radius 3 is 2.60 bits per heavy atom. The Bertz CT molecular complexity index is 504. The predicted molar refractivity (Wildman–Crippen MR) is 83.7 cm³/mol. The van der Waals surface area contributed by atoms with Crippen molar-refractivity contribution in [2.24, 2.45) is 5.41 Å². The van der Waals surface area contributed by atoms with Crippen molar-refractivity contribution in [2.75, 3.05) is 18.5 Å². The molecule has 20 heavy (non-hydrogen) atoms. The molecular weight excluding hydrogens is 246 g/mol. The first-order valence-electron chi connectivity index (χ1n) is 7.36. The molecule has 0 heterocycles. The summed E-state index contributed by atoms with van der Waals surface area (Å²) < 4.78 is 0. The van der Waals surface area contributed by atoms with E-state index in [0.29, 0.717) is 6.04 Å². The van der Waals surface area contributed by atoms with Gasteiger partial charge in [0.25, 0.3) is 0 Å². The fourth-order valence-corrected chi connectivity index (χ4v) is 2.46. The minimum absolute atomic E-state index is 0.216. The molecule has 1 aromatic rings. The Kier molecular flexibility index (Phi) is 4.35. The second kappa shape index (κ2) is 5.85. The summed E-state index contributed by atoms with van der Waals surface area (Å²) in [6, 6.07) is 9.26. The fourth-order valence-electron chi connectivity index (χ4n) is 2.46. The van der Waals surface area contributed by atoms with E-state index in [1.165, 1.54) is 18.4 Å². The quantitative estimate of drug-likeness (QED) is 0.893. The zero-order valence-electron chi connectivity index (χ0n) is 13.0. The Balaban J connectivity index is 2.10. The van der Waals surface area contributed by atoms with E-state index in [9.17, 15) is 5.26 Å². The van der Waals surface area contributed by atoms with Gasteiger partial charge in [0.05, 0.1) is 11.3 Å². The second-order valence-corrected chi connectivity index (χ2v) is 7.04. The normalized spacial score (nSPS) is 14.9. The molecule has 0 saturated heterocycles. The second-order valence-electron chi connectivity index (χ2n) is 7.04. The molecule has 1 aromatic carbocycles. The maximum atomic E-state index is 9.38. The van der Waals surface area contributed by atoms with Crippen LogP contribution in [0.1, 0.15) is 44.7 Å². The summed E-state index contributed by atoms with van der Waals surface area (Å²) in [5.74, 6) is 0. The largest absolute Gasteiger partial charge is 0.373 e. The van der Waals surface area contributed by atoms with Gasteiger partial charge in [-0.05, 0) is 36.0 Å². The van der Waals surface area contributed by atoms with Gasteiger partial charge < -0.3 is 10.2 Å². The summed E-state index contributed by atoms with van der Waals surface area (Å²) >= 11 is 0. The van der Waals surface area contributed by atoms with Gasteiger partial charge in [-0.25, -0.2) is 0 Å².